The molecule has 0 saturated heterocycles. The van der Waals surface area contributed by atoms with Gasteiger partial charge in [-0.3, -0.25) is 9.48 Å². The summed E-state index contributed by atoms with van der Waals surface area (Å²) in [6, 6.07) is 2.02. The summed E-state index contributed by atoms with van der Waals surface area (Å²) in [5.74, 6) is 0. The van der Waals surface area contributed by atoms with Crippen molar-refractivity contribution in [3.8, 4) is 6.07 Å². The van der Waals surface area contributed by atoms with Crippen LogP contribution in [0.5, 0.6) is 0 Å². The van der Waals surface area contributed by atoms with Gasteiger partial charge in [-0.25, -0.2) is 0 Å². The number of hydrogen-bond donors (Lipinski definition) is 0. The number of aldehydes is 1. The summed E-state index contributed by atoms with van der Waals surface area (Å²) >= 11 is 0. The van der Waals surface area contributed by atoms with E-state index in [1.165, 1.54) is 6.20 Å². The van der Waals surface area contributed by atoms with Gasteiger partial charge in [-0.2, -0.15) is 10.4 Å². The number of hydrogen-bond acceptors (Lipinski definition) is 3. The van der Waals surface area contributed by atoms with Crippen LogP contribution in [-0.2, 0) is 6.54 Å². The van der Waals surface area contributed by atoms with Crippen LogP contribution in [0.4, 0.5) is 0 Å². The summed E-state index contributed by atoms with van der Waals surface area (Å²) < 4.78 is 1.66. The number of nitriles is 1. The smallest absolute Gasteiger partial charge is 0.153 e. The standard InChI is InChI=1S/C8H9N3O/c1-7-8(6-12)5-10-11(7)4-2-3-9/h5-6H,2,4H2,1H3. The number of nitrogens with zero attached hydrogens (tertiary/aromatic N) is 3. The quantitative estimate of drug-likeness (QED) is 0.622. The summed E-state index contributed by atoms with van der Waals surface area (Å²) in [5.41, 5.74) is 1.41. The van der Waals surface area contributed by atoms with Crippen LogP contribution in [0.1, 0.15) is 22.5 Å². The Morgan fingerprint density at radius 2 is 2.58 bits per heavy atom. The topological polar surface area (TPSA) is 58.7 Å². The maximum absolute atomic E-state index is 10.4. The molecule has 0 N–H and O–H groups in total. The second-order valence-electron chi connectivity index (χ2n) is 2.43. The predicted molar refractivity (Wildman–Crippen MR) is 42.6 cm³/mol. The number of aryl methyl sites for hydroxylation is 1. The van der Waals surface area contributed by atoms with Crippen LogP contribution in [-0.4, -0.2) is 16.1 Å². The van der Waals surface area contributed by atoms with Crippen LogP contribution in [0.25, 0.3) is 0 Å². The van der Waals surface area contributed by atoms with Crippen molar-refractivity contribution in [2.45, 2.75) is 19.9 Å². The zero-order valence-electron chi connectivity index (χ0n) is 6.82. The molecular weight excluding hydrogens is 154 g/mol. The molecule has 0 bridgehead atoms. The van der Waals surface area contributed by atoms with Crippen molar-refractivity contribution in [2.75, 3.05) is 0 Å². The van der Waals surface area contributed by atoms with Gasteiger partial charge < -0.3 is 0 Å². The lowest BCUT2D eigenvalue weighted by molar-refractivity contribution is 0.112. The minimum atomic E-state index is 0.417. The van der Waals surface area contributed by atoms with Crippen LogP contribution in [0.3, 0.4) is 0 Å². The summed E-state index contributed by atoms with van der Waals surface area (Å²) in [4.78, 5) is 10.4. The van der Waals surface area contributed by atoms with Gasteiger partial charge in [0.1, 0.15) is 0 Å². The predicted octanol–water partition coefficient (Wildman–Crippen LogP) is 0.918. The normalized spacial score (nSPS) is 9.33. The first-order chi connectivity index (χ1) is 5.79. The van der Waals surface area contributed by atoms with E-state index in [-0.39, 0.29) is 0 Å². The van der Waals surface area contributed by atoms with Gasteiger partial charge in [0, 0.05) is 5.69 Å². The Morgan fingerprint density at radius 1 is 1.83 bits per heavy atom. The number of carbonyl (C=O) groups is 1. The zero-order chi connectivity index (χ0) is 8.97. The number of aromatic nitrogens is 2. The van der Waals surface area contributed by atoms with Gasteiger partial charge >= 0.3 is 0 Å². The van der Waals surface area contributed by atoms with Gasteiger partial charge in [0.2, 0.25) is 0 Å². The van der Waals surface area contributed by atoms with E-state index in [2.05, 4.69) is 5.10 Å². The molecule has 0 amide bonds. The van der Waals surface area contributed by atoms with Gasteiger partial charge in [0.25, 0.3) is 0 Å². The molecule has 1 aromatic rings. The molecule has 1 rings (SSSR count). The number of carbonyl (C=O) groups excluding carboxylic acids is 1. The average molecular weight is 163 g/mol. The van der Waals surface area contributed by atoms with E-state index in [1.54, 1.807) is 4.68 Å². The largest absolute Gasteiger partial charge is 0.298 e. The van der Waals surface area contributed by atoms with E-state index in [0.717, 1.165) is 12.0 Å². The highest BCUT2D eigenvalue weighted by Crippen LogP contribution is 2.04. The van der Waals surface area contributed by atoms with Gasteiger partial charge in [-0.05, 0) is 6.92 Å². The van der Waals surface area contributed by atoms with Crippen molar-refractivity contribution >= 4 is 6.29 Å². The van der Waals surface area contributed by atoms with Crippen molar-refractivity contribution in [2.24, 2.45) is 0 Å². The fraction of sp³-hybridized carbons (Fsp3) is 0.375. The molecule has 1 heterocycles. The third-order valence-electron chi connectivity index (χ3n) is 1.70. The summed E-state index contributed by atoms with van der Waals surface area (Å²) in [6.07, 6.45) is 2.70. The lowest BCUT2D eigenvalue weighted by atomic mass is 10.3. The first kappa shape index (κ1) is 8.47. The van der Waals surface area contributed by atoms with Crippen molar-refractivity contribution in [3.05, 3.63) is 17.5 Å². The van der Waals surface area contributed by atoms with Crippen LogP contribution in [0.15, 0.2) is 6.20 Å². The lowest BCUT2D eigenvalue weighted by Crippen LogP contribution is -2.01. The van der Waals surface area contributed by atoms with E-state index in [1.807, 2.05) is 13.0 Å². The lowest BCUT2D eigenvalue weighted by Gasteiger charge is -1.98. The average Bonchev–Trinajstić information content (AvgIpc) is 2.43. The molecule has 0 saturated carbocycles. The molecule has 0 spiro atoms. The van der Waals surface area contributed by atoms with Gasteiger partial charge in [0.15, 0.2) is 6.29 Å². The van der Waals surface area contributed by atoms with Crippen molar-refractivity contribution in [1.82, 2.24) is 9.78 Å². The van der Waals surface area contributed by atoms with Crippen LogP contribution < -0.4 is 0 Å². The summed E-state index contributed by atoms with van der Waals surface area (Å²) in [5, 5.41) is 12.3. The number of rotatable bonds is 3. The van der Waals surface area contributed by atoms with E-state index in [0.29, 0.717) is 18.5 Å². The molecule has 0 fully saturated rings. The van der Waals surface area contributed by atoms with E-state index >= 15 is 0 Å². The Hall–Kier alpha value is -1.63. The summed E-state index contributed by atoms with van der Waals surface area (Å²) in [7, 11) is 0. The molecule has 0 aliphatic heterocycles. The molecule has 12 heavy (non-hydrogen) atoms. The first-order valence-electron chi connectivity index (χ1n) is 3.64. The van der Waals surface area contributed by atoms with E-state index < -0.39 is 0 Å². The molecule has 0 unspecified atom stereocenters. The van der Waals surface area contributed by atoms with Crippen molar-refractivity contribution in [3.63, 3.8) is 0 Å². The molecule has 0 aliphatic rings. The third kappa shape index (κ3) is 1.51. The Bertz CT molecular complexity index is 322. The Labute approximate surface area is 70.4 Å². The maximum Gasteiger partial charge on any atom is 0.153 e. The Kier molecular flexibility index (Phi) is 2.59. The highest BCUT2D eigenvalue weighted by Gasteiger charge is 2.03. The van der Waals surface area contributed by atoms with Gasteiger partial charge in [0.05, 0.1) is 30.8 Å². The monoisotopic (exact) mass is 163 g/mol. The Balaban J connectivity index is 2.81. The SMILES string of the molecule is Cc1c(C=O)cnn1CCC#N. The zero-order valence-corrected chi connectivity index (χ0v) is 6.82. The fourth-order valence-electron chi connectivity index (χ4n) is 0.958. The molecule has 1 aromatic heterocycles. The van der Waals surface area contributed by atoms with Crippen LogP contribution >= 0.6 is 0 Å². The second kappa shape index (κ2) is 3.67. The molecule has 0 aliphatic carbocycles. The van der Waals surface area contributed by atoms with Crippen molar-refractivity contribution < 1.29 is 4.79 Å². The fourth-order valence-corrected chi connectivity index (χ4v) is 0.958. The summed E-state index contributed by atoms with van der Waals surface area (Å²) in [6.45, 7) is 2.37. The van der Waals surface area contributed by atoms with E-state index in [9.17, 15) is 4.79 Å². The minimum Gasteiger partial charge on any atom is -0.298 e. The van der Waals surface area contributed by atoms with Gasteiger partial charge in [-0.15, -0.1) is 0 Å². The van der Waals surface area contributed by atoms with Crippen LogP contribution in [0.2, 0.25) is 0 Å². The molecule has 62 valence electrons. The third-order valence-corrected chi connectivity index (χ3v) is 1.70. The first-order valence-corrected chi connectivity index (χ1v) is 3.64. The molecule has 0 radical (unpaired) electrons. The van der Waals surface area contributed by atoms with Crippen molar-refractivity contribution in [1.29, 1.82) is 5.26 Å². The van der Waals surface area contributed by atoms with Crippen LogP contribution in [0, 0.1) is 18.3 Å². The molecule has 0 aromatic carbocycles. The molecule has 4 heteroatoms. The minimum absolute atomic E-state index is 0.417. The Morgan fingerprint density at radius 3 is 3.08 bits per heavy atom. The maximum atomic E-state index is 10.4. The molecular formula is C8H9N3O. The second-order valence-corrected chi connectivity index (χ2v) is 2.43. The van der Waals surface area contributed by atoms with E-state index in [4.69, 9.17) is 5.26 Å². The van der Waals surface area contributed by atoms with Gasteiger partial charge in [-0.1, -0.05) is 0 Å². The highest BCUT2D eigenvalue weighted by atomic mass is 16.1. The highest BCUT2D eigenvalue weighted by molar-refractivity contribution is 5.75. The molecule has 0 atom stereocenters. The molecule has 4 nitrogen and oxygen atoms in total.